The molecule has 25 heavy (non-hydrogen) atoms. The number of anilines is 2. The van der Waals surface area contributed by atoms with Crippen LogP contribution >= 0.6 is 0 Å². The van der Waals surface area contributed by atoms with E-state index in [0.717, 1.165) is 17.1 Å². The molecule has 0 radical (unpaired) electrons. The first kappa shape index (κ1) is 16.4. The Balaban J connectivity index is 1.58. The van der Waals surface area contributed by atoms with Gasteiger partial charge in [-0.2, -0.15) is 0 Å². The van der Waals surface area contributed by atoms with E-state index in [1.807, 2.05) is 36.4 Å². The second kappa shape index (κ2) is 7.87. The lowest BCUT2D eigenvalue weighted by atomic mass is 10.1. The summed E-state index contributed by atoms with van der Waals surface area (Å²) in [6.45, 7) is 1.35. The molecule has 0 saturated carbocycles. The quantitative estimate of drug-likeness (QED) is 0.572. The van der Waals surface area contributed by atoms with Crippen LogP contribution in [0.15, 0.2) is 60.9 Å². The Morgan fingerprint density at radius 1 is 0.920 bits per heavy atom. The second-order valence-electron chi connectivity index (χ2n) is 5.28. The number of carbonyl (C=O) groups is 1. The number of carbonyl (C=O) groups excluding carboxylic acids is 1. The van der Waals surface area contributed by atoms with Crippen molar-refractivity contribution in [3.8, 4) is 11.3 Å². The smallest absolute Gasteiger partial charge is 0.248 e. The van der Waals surface area contributed by atoms with Crippen molar-refractivity contribution < 1.29 is 4.79 Å². The van der Waals surface area contributed by atoms with Crippen LogP contribution in [0.2, 0.25) is 0 Å². The van der Waals surface area contributed by atoms with Gasteiger partial charge in [0, 0.05) is 36.6 Å². The van der Waals surface area contributed by atoms with Crippen LogP contribution in [-0.2, 0) is 0 Å². The van der Waals surface area contributed by atoms with Crippen LogP contribution in [0, 0.1) is 0 Å². The number of hydrogen-bond acceptors (Lipinski definition) is 6. The Morgan fingerprint density at radius 3 is 2.44 bits per heavy atom. The van der Waals surface area contributed by atoms with E-state index in [1.54, 1.807) is 24.5 Å². The summed E-state index contributed by atoms with van der Waals surface area (Å²) in [4.78, 5) is 24.0. The van der Waals surface area contributed by atoms with Crippen LogP contribution in [0.4, 0.5) is 11.8 Å². The van der Waals surface area contributed by atoms with Gasteiger partial charge in [0.1, 0.15) is 5.82 Å². The standard InChI is InChI=1S/C18H18N6O/c19-17(25)14-6-4-13(5-7-14)15-8-10-22-18(24-15)23-12-11-21-16-3-1-2-9-20-16/h1-10H,11-12H2,(H2,19,25)(H,20,21)(H,22,23,24). The SMILES string of the molecule is NC(=O)c1ccc(-c2ccnc(NCCNc3ccccn3)n2)cc1. The fraction of sp³-hybridized carbons (Fsp3) is 0.111. The van der Waals surface area contributed by atoms with E-state index >= 15 is 0 Å². The average Bonchev–Trinajstić information content (AvgIpc) is 2.66. The molecule has 0 saturated heterocycles. The first-order valence-electron chi connectivity index (χ1n) is 7.84. The lowest BCUT2D eigenvalue weighted by Crippen LogP contribution is -2.15. The van der Waals surface area contributed by atoms with Crippen LogP contribution < -0.4 is 16.4 Å². The van der Waals surface area contributed by atoms with Crippen LogP contribution in [0.25, 0.3) is 11.3 Å². The van der Waals surface area contributed by atoms with Crippen molar-refractivity contribution in [1.29, 1.82) is 0 Å². The third-order valence-corrected chi connectivity index (χ3v) is 3.50. The minimum atomic E-state index is -0.447. The van der Waals surface area contributed by atoms with Crippen molar-refractivity contribution >= 4 is 17.7 Å². The van der Waals surface area contributed by atoms with Crippen LogP contribution in [0.1, 0.15) is 10.4 Å². The van der Waals surface area contributed by atoms with Crippen LogP contribution in [0.5, 0.6) is 0 Å². The summed E-state index contributed by atoms with van der Waals surface area (Å²) in [5.41, 5.74) is 7.38. The maximum absolute atomic E-state index is 11.1. The largest absolute Gasteiger partial charge is 0.368 e. The van der Waals surface area contributed by atoms with Crippen molar-refractivity contribution in [1.82, 2.24) is 15.0 Å². The third kappa shape index (κ3) is 4.51. The summed E-state index contributed by atoms with van der Waals surface area (Å²) in [5.74, 6) is 0.921. The number of amides is 1. The van der Waals surface area contributed by atoms with E-state index in [4.69, 9.17) is 5.73 Å². The summed E-state index contributed by atoms with van der Waals surface area (Å²) in [6.07, 6.45) is 3.44. The molecule has 7 heteroatoms. The molecule has 0 fully saturated rings. The molecule has 0 atom stereocenters. The number of pyridine rings is 1. The van der Waals surface area contributed by atoms with Gasteiger partial charge in [0.05, 0.1) is 5.69 Å². The maximum atomic E-state index is 11.1. The zero-order chi connectivity index (χ0) is 17.5. The number of nitrogens with one attached hydrogen (secondary N) is 2. The second-order valence-corrected chi connectivity index (χ2v) is 5.28. The molecule has 4 N–H and O–H groups in total. The van der Waals surface area contributed by atoms with Gasteiger partial charge in [0.2, 0.25) is 11.9 Å². The molecule has 0 unspecified atom stereocenters. The average molecular weight is 334 g/mol. The van der Waals surface area contributed by atoms with Gasteiger partial charge in [0.25, 0.3) is 0 Å². The number of benzene rings is 1. The fourth-order valence-electron chi connectivity index (χ4n) is 2.24. The minimum absolute atomic E-state index is 0.447. The summed E-state index contributed by atoms with van der Waals surface area (Å²) in [6, 6.07) is 14.5. The van der Waals surface area contributed by atoms with Crippen molar-refractivity contribution in [3.63, 3.8) is 0 Å². The molecule has 0 spiro atoms. The van der Waals surface area contributed by atoms with E-state index in [-0.39, 0.29) is 0 Å². The number of hydrogen-bond donors (Lipinski definition) is 3. The molecule has 0 aliphatic heterocycles. The Labute approximate surface area is 145 Å². The van der Waals surface area contributed by atoms with Gasteiger partial charge >= 0.3 is 0 Å². The van der Waals surface area contributed by atoms with Gasteiger partial charge in [-0.1, -0.05) is 18.2 Å². The number of nitrogens with zero attached hydrogens (tertiary/aromatic N) is 3. The molecule has 126 valence electrons. The van der Waals surface area contributed by atoms with Gasteiger partial charge in [-0.25, -0.2) is 15.0 Å². The van der Waals surface area contributed by atoms with Crippen molar-refractivity contribution in [3.05, 3.63) is 66.5 Å². The molecule has 0 aliphatic rings. The zero-order valence-electron chi connectivity index (χ0n) is 13.5. The van der Waals surface area contributed by atoms with Crippen LogP contribution in [-0.4, -0.2) is 33.9 Å². The molecule has 2 aromatic heterocycles. The first-order chi connectivity index (χ1) is 12.2. The number of nitrogens with two attached hydrogens (primary N) is 1. The lowest BCUT2D eigenvalue weighted by molar-refractivity contribution is 0.100. The van der Waals surface area contributed by atoms with Gasteiger partial charge in [-0.05, 0) is 30.3 Å². The summed E-state index contributed by atoms with van der Waals surface area (Å²) in [5, 5.41) is 6.37. The highest BCUT2D eigenvalue weighted by atomic mass is 16.1. The highest BCUT2D eigenvalue weighted by Gasteiger charge is 2.04. The number of rotatable bonds is 7. The molecule has 7 nitrogen and oxygen atoms in total. The Kier molecular flexibility index (Phi) is 5.16. The predicted octanol–water partition coefficient (Wildman–Crippen LogP) is 2.16. The van der Waals surface area contributed by atoms with E-state index in [9.17, 15) is 4.79 Å². The zero-order valence-corrected chi connectivity index (χ0v) is 13.5. The number of primary amides is 1. The highest BCUT2D eigenvalue weighted by Crippen LogP contribution is 2.18. The topological polar surface area (TPSA) is 106 Å². The van der Waals surface area contributed by atoms with Crippen LogP contribution in [0.3, 0.4) is 0 Å². The monoisotopic (exact) mass is 334 g/mol. The Hall–Kier alpha value is -3.48. The normalized spacial score (nSPS) is 10.2. The van der Waals surface area contributed by atoms with Gasteiger partial charge < -0.3 is 16.4 Å². The molecular formula is C18H18N6O. The molecule has 1 aromatic carbocycles. The van der Waals surface area contributed by atoms with Crippen molar-refractivity contribution in [2.24, 2.45) is 5.73 Å². The van der Waals surface area contributed by atoms with E-state index < -0.39 is 5.91 Å². The van der Waals surface area contributed by atoms with E-state index in [1.165, 1.54) is 0 Å². The Bertz CT molecular complexity index is 836. The summed E-state index contributed by atoms with van der Waals surface area (Å²) in [7, 11) is 0. The molecule has 3 aromatic rings. The maximum Gasteiger partial charge on any atom is 0.248 e. The van der Waals surface area contributed by atoms with E-state index in [0.29, 0.717) is 24.6 Å². The highest BCUT2D eigenvalue weighted by molar-refractivity contribution is 5.93. The lowest BCUT2D eigenvalue weighted by Gasteiger charge is -2.08. The van der Waals surface area contributed by atoms with Crippen molar-refractivity contribution in [2.45, 2.75) is 0 Å². The van der Waals surface area contributed by atoms with Gasteiger partial charge in [0.15, 0.2) is 0 Å². The third-order valence-electron chi connectivity index (χ3n) is 3.50. The fourth-order valence-corrected chi connectivity index (χ4v) is 2.24. The first-order valence-corrected chi connectivity index (χ1v) is 7.84. The molecule has 1 amide bonds. The molecule has 3 rings (SSSR count). The molecule has 0 aliphatic carbocycles. The van der Waals surface area contributed by atoms with Gasteiger partial charge in [-0.15, -0.1) is 0 Å². The minimum Gasteiger partial charge on any atom is -0.368 e. The Morgan fingerprint density at radius 2 is 1.72 bits per heavy atom. The molecule has 0 bridgehead atoms. The summed E-state index contributed by atoms with van der Waals surface area (Å²) < 4.78 is 0. The van der Waals surface area contributed by atoms with Gasteiger partial charge in [-0.3, -0.25) is 4.79 Å². The summed E-state index contributed by atoms with van der Waals surface area (Å²) >= 11 is 0. The predicted molar refractivity (Wildman–Crippen MR) is 97.2 cm³/mol. The number of aromatic nitrogens is 3. The van der Waals surface area contributed by atoms with Crippen molar-refractivity contribution in [2.75, 3.05) is 23.7 Å². The molecule has 2 heterocycles. The van der Waals surface area contributed by atoms with E-state index in [2.05, 4.69) is 25.6 Å². The molecular weight excluding hydrogens is 316 g/mol.